The second-order valence-electron chi connectivity index (χ2n) is 3.94. The Hall–Kier alpha value is -1.10. The van der Waals surface area contributed by atoms with Gasteiger partial charge >= 0.3 is 0 Å². The Labute approximate surface area is 83.7 Å². The highest BCUT2D eigenvalue weighted by Gasteiger charge is 2.26. The SMILES string of the molecule is CC1NCCCC1c1nc(N)n(C)n1. The highest BCUT2D eigenvalue weighted by Crippen LogP contribution is 2.25. The Morgan fingerprint density at radius 1 is 1.57 bits per heavy atom. The Morgan fingerprint density at radius 3 is 2.93 bits per heavy atom. The van der Waals surface area contributed by atoms with E-state index in [0.29, 0.717) is 17.9 Å². The molecule has 2 atom stereocenters. The molecule has 1 aliphatic rings. The van der Waals surface area contributed by atoms with Crippen LogP contribution < -0.4 is 11.1 Å². The molecule has 3 N–H and O–H groups in total. The lowest BCUT2D eigenvalue weighted by Gasteiger charge is -2.27. The van der Waals surface area contributed by atoms with E-state index in [1.54, 1.807) is 4.68 Å². The topological polar surface area (TPSA) is 68.8 Å². The van der Waals surface area contributed by atoms with Gasteiger partial charge in [0.05, 0.1) is 0 Å². The summed E-state index contributed by atoms with van der Waals surface area (Å²) in [7, 11) is 1.83. The van der Waals surface area contributed by atoms with Crippen molar-refractivity contribution in [3.63, 3.8) is 0 Å². The second-order valence-corrected chi connectivity index (χ2v) is 3.94. The first-order valence-corrected chi connectivity index (χ1v) is 5.08. The van der Waals surface area contributed by atoms with Gasteiger partial charge in [0.25, 0.3) is 0 Å². The van der Waals surface area contributed by atoms with Gasteiger partial charge in [-0.05, 0) is 26.3 Å². The predicted octanol–water partition coefficient (Wildman–Crippen LogP) is 0.253. The largest absolute Gasteiger partial charge is 0.368 e. The molecule has 0 aliphatic carbocycles. The zero-order valence-corrected chi connectivity index (χ0v) is 8.70. The van der Waals surface area contributed by atoms with E-state index < -0.39 is 0 Å². The summed E-state index contributed by atoms with van der Waals surface area (Å²) in [6.07, 6.45) is 2.34. The maximum Gasteiger partial charge on any atom is 0.218 e. The summed E-state index contributed by atoms with van der Waals surface area (Å²) < 4.78 is 1.64. The third-order valence-corrected chi connectivity index (χ3v) is 2.91. The van der Waals surface area contributed by atoms with Crippen molar-refractivity contribution in [2.24, 2.45) is 7.05 Å². The molecule has 2 rings (SSSR count). The van der Waals surface area contributed by atoms with E-state index in [9.17, 15) is 0 Å². The minimum Gasteiger partial charge on any atom is -0.368 e. The van der Waals surface area contributed by atoms with Crippen LogP contribution in [0.3, 0.4) is 0 Å². The molecule has 1 saturated heterocycles. The Bertz CT molecular complexity index is 300. The fourth-order valence-corrected chi connectivity index (χ4v) is 1.97. The van der Waals surface area contributed by atoms with Crippen molar-refractivity contribution in [2.75, 3.05) is 12.3 Å². The molecule has 1 aliphatic heterocycles. The normalized spacial score (nSPS) is 27.9. The number of aryl methyl sites for hydroxylation is 1. The van der Waals surface area contributed by atoms with Crippen LogP contribution in [0.5, 0.6) is 0 Å². The van der Waals surface area contributed by atoms with Gasteiger partial charge in [0.1, 0.15) is 0 Å². The van der Waals surface area contributed by atoms with Crippen molar-refractivity contribution in [3.05, 3.63) is 5.82 Å². The highest BCUT2D eigenvalue weighted by atomic mass is 15.4. The minimum atomic E-state index is 0.409. The van der Waals surface area contributed by atoms with Gasteiger partial charge in [0, 0.05) is 19.0 Å². The molecule has 1 fully saturated rings. The van der Waals surface area contributed by atoms with Gasteiger partial charge in [0.2, 0.25) is 5.95 Å². The summed E-state index contributed by atoms with van der Waals surface area (Å²) in [6, 6.07) is 0.450. The van der Waals surface area contributed by atoms with Gasteiger partial charge in [-0.2, -0.15) is 10.1 Å². The van der Waals surface area contributed by atoms with Gasteiger partial charge in [-0.1, -0.05) is 0 Å². The van der Waals surface area contributed by atoms with Gasteiger partial charge in [-0.25, -0.2) is 4.68 Å². The molecule has 2 heterocycles. The van der Waals surface area contributed by atoms with Gasteiger partial charge in [-0.3, -0.25) is 0 Å². The van der Waals surface area contributed by atoms with Crippen LogP contribution >= 0.6 is 0 Å². The summed E-state index contributed by atoms with van der Waals surface area (Å²) in [4.78, 5) is 4.27. The Morgan fingerprint density at radius 2 is 2.36 bits per heavy atom. The molecular formula is C9H17N5. The van der Waals surface area contributed by atoms with Crippen LogP contribution in [0.1, 0.15) is 31.5 Å². The molecule has 78 valence electrons. The standard InChI is InChI=1S/C9H17N5/c1-6-7(4-3-5-11-6)8-12-9(10)14(2)13-8/h6-7,11H,3-5H2,1-2H3,(H2,10,12,13). The maximum absolute atomic E-state index is 5.66. The van der Waals surface area contributed by atoms with Crippen LogP contribution in [0.25, 0.3) is 0 Å². The molecule has 0 saturated carbocycles. The van der Waals surface area contributed by atoms with Crippen molar-refractivity contribution >= 4 is 5.95 Å². The van der Waals surface area contributed by atoms with Crippen LogP contribution in [0.2, 0.25) is 0 Å². The van der Waals surface area contributed by atoms with E-state index in [0.717, 1.165) is 18.8 Å². The quantitative estimate of drug-likeness (QED) is 0.674. The lowest BCUT2D eigenvalue weighted by molar-refractivity contribution is 0.359. The van der Waals surface area contributed by atoms with Gasteiger partial charge in [0.15, 0.2) is 5.82 Å². The van der Waals surface area contributed by atoms with E-state index in [1.165, 1.54) is 6.42 Å². The Kier molecular flexibility index (Phi) is 2.41. The zero-order chi connectivity index (χ0) is 10.1. The summed E-state index contributed by atoms with van der Waals surface area (Å²) in [5.74, 6) is 1.79. The molecule has 0 amide bonds. The number of piperidine rings is 1. The highest BCUT2D eigenvalue weighted by molar-refractivity contribution is 5.18. The summed E-state index contributed by atoms with van der Waals surface area (Å²) in [5, 5.41) is 7.75. The number of hydrogen-bond donors (Lipinski definition) is 2. The molecule has 0 bridgehead atoms. The average Bonchev–Trinajstić information content (AvgIpc) is 2.48. The van der Waals surface area contributed by atoms with E-state index in [4.69, 9.17) is 5.73 Å². The molecule has 2 unspecified atom stereocenters. The zero-order valence-electron chi connectivity index (χ0n) is 8.70. The fourth-order valence-electron chi connectivity index (χ4n) is 1.97. The van der Waals surface area contributed by atoms with Crippen LogP contribution in [0.4, 0.5) is 5.95 Å². The van der Waals surface area contributed by atoms with Crippen molar-refractivity contribution in [1.82, 2.24) is 20.1 Å². The van der Waals surface area contributed by atoms with Crippen molar-refractivity contribution in [2.45, 2.75) is 31.7 Å². The molecule has 5 nitrogen and oxygen atoms in total. The number of nitrogen functional groups attached to an aromatic ring is 1. The van der Waals surface area contributed by atoms with E-state index >= 15 is 0 Å². The number of aromatic nitrogens is 3. The number of anilines is 1. The first-order valence-electron chi connectivity index (χ1n) is 5.08. The number of hydrogen-bond acceptors (Lipinski definition) is 4. The van der Waals surface area contributed by atoms with Crippen LogP contribution in [-0.4, -0.2) is 27.4 Å². The molecule has 1 aromatic heterocycles. The first kappa shape index (κ1) is 9.45. The van der Waals surface area contributed by atoms with Crippen LogP contribution in [-0.2, 0) is 7.05 Å². The van der Waals surface area contributed by atoms with Crippen molar-refractivity contribution in [1.29, 1.82) is 0 Å². The number of nitrogens with zero attached hydrogens (tertiary/aromatic N) is 3. The van der Waals surface area contributed by atoms with E-state index in [-0.39, 0.29) is 0 Å². The van der Waals surface area contributed by atoms with Crippen LogP contribution in [0, 0.1) is 0 Å². The van der Waals surface area contributed by atoms with Gasteiger partial charge in [-0.15, -0.1) is 0 Å². The first-order chi connectivity index (χ1) is 6.68. The van der Waals surface area contributed by atoms with Crippen molar-refractivity contribution < 1.29 is 0 Å². The average molecular weight is 195 g/mol. The molecule has 5 heteroatoms. The molecule has 0 radical (unpaired) electrons. The maximum atomic E-state index is 5.66. The second kappa shape index (κ2) is 3.57. The number of nitrogens with two attached hydrogens (primary N) is 1. The predicted molar refractivity (Wildman–Crippen MR) is 54.9 cm³/mol. The summed E-state index contributed by atoms with van der Waals surface area (Å²) >= 11 is 0. The van der Waals surface area contributed by atoms with Crippen molar-refractivity contribution in [3.8, 4) is 0 Å². The van der Waals surface area contributed by atoms with Gasteiger partial charge < -0.3 is 11.1 Å². The molecule has 0 aromatic carbocycles. The molecule has 0 spiro atoms. The number of nitrogens with one attached hydrogen (secondary N) is 1. The smallest absolute Gasteiger partial charge is 0.218 e. The molecule has 14 heavy (non-hydrogen) atoms. The third-order valence-electron chi connectivity index (χ3n) is 2.91. The minimum absolute atomic E-state index is 0.409. The van der Waals surface area contributed by atoms with E-state index in [1.807, 2.05) is 7.05 Å². The summed E-state index contributed by atoms with van der Waals surface area (Å²) in [5.41, 5.74) is 5.66. The van der Waals surface area contributed by atoms with E-state index in [2.05, 4.69) is 22.3 Å². The van der Waals surface area contributed by atoms with Crippen LogP contribution in [0.15, 0.2) is 0 Å². The third kappa shape index (κ3) is 1.59. The number of rotatable bonds is 1. The molecular weight excluding hydrogens is 178 g/mol. The molecule has 1 aromatic rings. The lowest BCUT2D eigenvalue weighted by atomic mass is 9.91. The fraction of sp³-hybridized carbons (Fsp3) is 0.778. The lowest BCUT2D eigenvalue weighted by Crippen LogP contribution is -2.38. The monoisotopic (exact) mass is 195 g/mol. The summed E-state index contributed by atoms with van der Waals surface area (Å²) in [6.45, 7) is 3.27. The Balaban J connectivity index is 2.20.